The zero-order chi connectivity index (χ0) is 81.5. The molecule has 0 amide bonds. The van der Waals surface area contributed by atoms with Crippen molar-refractivity contribution in [1.82, 2.24) is 15.0 Å². The van der Waals surface area contributed by atoms with Gasteiger partial charge in [0.25, 0.3) is 0 Å². The van der Waals surface area contributed by atoms with E-state index in [9.17, 15) is 0 Å². The third-order valence-corrected chi connectivity index (χ3v) is 22.3. The number of aromatic nitrogens is 3. The minimum atomic E-state index is 0. The molecule has 11 aromatic carbocycles. The maximum absolute atomic E-state index is 5.18. The molecule has 0 bridgehead atoms. The van der Waals surface area contributed by atoms with Crippen molar-refractivity contribution in [3.8, 4) is 33.8 Å². The second-order valence-electron chi connectivity index (χ2n) is 33.0. The zero-order valence-corrected chi connectivity index (χ0v) is 89.2. The summed E-state index contributed by atoms with van der Waals surface area (Å²) >= 11 is 0. The number of benzene rings is 11. The van der Waals surface area contributed by atoms with Crippen LogP contribution in [-0.2, 0) is 117 Å². The van der Waals surface area contributed by atoms with Crippen LogP contribution in [-0.4, -0.2) is 15.0 Å². The van der Waals surface area contributed by atoms with Crippen LogP contribution in [0.15, 0.2) is 267 Å². The van der Waals surface area contributed by atoms with Crippen molar-refractivity contribution in [2.24, 2.45) is 0 Å². The Morgan fingerprint density at radius 3 is 1.08 bits per heavy atom. The third-order valence-electron chi connectivity index (χ3n) is 22.3. The Hall–Kier alpha value is -9.20. The quantitative estimate of drug-likeness (QED) is 0.0396. The molecule has 0 N–H and O–H groups in total. The standard InChI is InChI=1S/C38H41N3.C36H37N3.C33H35N3.6CH3.3Hf/c1-24(2)32-15-11-16-33(25(3)4)38(32)40-23-31-13-10-17-35(41-31)36-30(19-18-29-12-8-9-14-34(29)36)22-39-37-27(6)20-26(5)21-28(37)7;1-24(2)30-16-11-17-31(25(3)4)36(30)38-23-29-14-10-19-34(39-29)35-28(21-20-27-13-7-8-15-32(27)35)22-37-33-18-9-6-12-26(33)5;1-22(2)27-15-10-16-28(23(3)4)33(27)34-21-26-14-9-18-30(36-26)29-17-8-11-24-19-20-31(32(24)29)35-25-12-6-5-7-13-25;;;;;;;;;/h8-21,24-25H,22-23H2,1-7H3;6-21,24-25H,22-23H2,1-5H3;5-18,22-23,31H,19-21H2,1-4H3;6*1H3;;;/q3*-2;6*-1;;;. The van der Waals surface area contributed by atoms with Gasteiger partial charge in [-0.05, 0) is 139 Å². The van der Waals surface area contributed by atoms with Gasteiger partial charge in [0.05, 0.1) is 17.1 Å². The second kappa shape index (κ2) is 51.0. The average Bonchev–Trinajstić information content (AvgIpc) is 1.78. The largest absolute Gasteiger partial charge is 0.680 e. The first kappa shape index (κ1) is 108. The summed E-state index contributed by atoms with van der Waals surface area (Å²) < 4.78 is 0. The van der Waals surface area contributed by atoms with E-state index < -0.39 is 0 Å². The van der Waals surface area contributed by atoms with Gasteiger partial charge < -0.3 is 76.5 Å². The normalized spacial score (nSPS) is 11.6. The molecule has 1 aliphatic rings. The van der Waals surface area contributed by atoms with Crippen LogP contribution in [0.1, 0.15) is 226 Å². The van der Waals surface area contributed by atoms with Crippen LogP contribution in [0.4, 0.5) is 34.1 Å². The van der Waals surface area contributed by atoms with Crippen LogP contribution in [0, 0.1) is 72.3 Å². The molecule has 0 aliphatic heterocycles. The van der Waals surface area contributed by atoms with Gasteiger partial charge in [0.2, 0.25) is 0 Å². The van der Waals surface area contributed by atoms with Crippen LogP contribution in [0.5, 0.6) is 0 Å². The molecule has 0 fully saturated rings. The van der Waals surface area contributed by atoms with E-state index in [2.05, 4.69) is 366 Å². The van der Waals surface area contributed by atoms with E-state index in [1.54, 1.807) is 0 Å². The number of nitrogens with zero attached hydrogens (tertiary/aromatic N) is 9. The summed E-state index contributed by atoms with van der Waals surface area (Å²) in [5, 5.41) is 35.4. The number of pyridine rings is 3. The molecule has 0 radical (unpaired) electrons. The number of fused-ring (bicyclic) bond motifs is 3. The van der Waals surface area contributed by atoms with Gasteiger partial charge in [-0.3, -0.25) is 15.0 Å². The van der Waals surface area contributed by atoms with Gasteiger partial charge in [-0.15, -0.1) is 47.2 Å². The van der Waals surface area contributed by atoms with Gasteiger partial charge in [0.15, 0.2) is 0 Å². The number of para-hydroxylation sites is 5. The molecule has 1 aliphatic carbocycles. The molecule has 15 rings (SSSR count). The van der Waals surface area contributed by atoms with Crippen molar-refractivity contribution >= 4 is 55.7 Å². The predicted octanol–water partition coefficient (Wildman–Crippen LogP) is 34.9. The second-order valence-corrected chi connectivity index (χ2v) is 33.0. The maximum atomic E-state index is 5.18. The topological polar surface area (TPSA) is 123 Å². The zero-order valence-electron chi connectivity index (χ0n) is 78.4. The minimum absolute atomic E-state index is 0. The van der Waals surface area contributed by atoms with E-state index in [-0.39, 0.29) is 128 Å². The fourth-order valence-corrected chi connectivity index (χ4v) is 16.4. The predicted molar refractivity (Wildman–Crippen MR) is 532 cm³/mol. The van der Waals surface area contributed by atoms with E-state index in [4.69, 9.17) is 46.9 Å². The Balaban J connectivity index is 0.000000380. The molecule has 1 atom stereocenters. The Morgan fingerprint density at radius 1 is 0.312 bits per heavy atom. The molecule has 125 heavy (non-hydrogen) atoms. The van der Waals surface area contributed by atoms with Crippen LogP contribution in [0.25, 0.3) is 87.2 Å². The Morgan fingerprint density at radius 2 is 0.664 bits per heavy atom. The molecule has 3 heterocycles. The van der Waals surface area contributed by atoms with Gasteiger partial charge >= 0.3 is 0 Å². The van der Waals surface area contributed by atoms with Gasteiger partial charge in [0, 0.05) is 111 Å². The van der Waals surface area contributed by atoms with Crippen molar-refractivity contribution in [3.63, 3.8) is 0 Å². The third kappa shape index (κ3) is 26.7. The van der Waals surface area contributed by atoms with Crippen molar-refractivity contribution in [2.45, 2.75) is 198 Å². The van der Waals surface area contributed by atoms with E-state index in [1.807, 2.05) is 12.1 Å². The molecular weight excluding hydrogens is 2020 g/mol. The average molecular weight is 2150 g/mol. The van der Waals surface area contributed by atoms with E-state index in [0.717, 1.165) is 92.3 Å². The summed E-state index contributed by atoms with van der Waals surface area (Å²) in [6.45, 7) is 38.3. The Bertz CT molecular complexity index is 5610. The molecule has 1 unspecified atom stereocenters. The number of hydrogen-bond acceptors (Lipinski definition) is 3. The molecule has 0 saturated heterocycles. The summed E-state index contributed by atoms with van der Waals surface area (Å²) in [4.78, 5) is 15.4. The molecule has 9 nitrogen and oxygen atoms in total. The van der Waals surface area contributed by atoms with Crippen LogP contribution >= 0.6 is 0 Å². The van der Waals surface area contributed by atoms with E-state index in [0.29, 0.717) is 68.2 Å². The summed E-state index contributed by atoms with van der Waals surface area (Å²) in [5.74, 6) is 2.51. The van der Waals surface area contributed by atoms with E-state index >= 15 is 0 Å². The van der Waals surface area contributed by atoms with Crippen LogP contribution in [0.3, 0.4) is 0 Å². The minimum Gasteiger partial charge on any atom is -0.680 e. The Kier molecular flexibility index (Phi) is 44.1. The molecule has 14 aromatic rings. The molecule has 12 heteroatoms. The molecule has 0 saturated carbocycles. The van der Waals surface area contributed by atoms with Crippen LogP contribution < -0.4 is 0 Å². The summed E-state index contributed by atoms with van der Waals surface area (Å²) in [7, 11) is 0. The fourth-order valence-electron chi connectivity index (χ4n) is 16.4. The van der Waals surface area contributed by atoms with Crippen LogP contribution in [0.2, 0.25) is 0 Å². The molecule has 652 valence electrons. The monoisotopic (exact) mass is 2150 g/mol. The molecule has 0 spiro atoms. The first-order valence-corrected chi connectivity index (χ1v) is 41.8. The molecular formula is C113H131Hf3N9-12. The fraction of sp³-hybridized carbons (Fsp3) is 0.265. The number of aryl methyl sites for hydroxylation is 5. The van der Waals surface area contributed by atoms with Gasteiger partial charge in [-0.25, -0.2) is 0 Å². The summed E-state index contributed by atoms with van der Waals surface area (Å²) in [6.07, 6.45) is 2.10. The number of rotatable bonds is 26. The SMILES string of the molecule is CC(C)c1cccc(C(C)C)c1[N-]Cc1cccc(-c2cccc3c2C([N-]c2ccccc2)CC3)n1.Cc1cc(C)c([N-]Cc2ccc3ccccc3c2-c2cccc(C[N-]c3c(C(C)C)cccc3C(C)C)n2)c(C)c1.Cc1ccccc1[N-]Cc1ccc2ccccc2c1-c1cccc(C[N-]c2c(C(C)C)cccc2C(C)C)n1.[CH3-].[CH3-].[CH3-].[CH3-].[CH3-].[CH3-].[Hf].[Hf].[Hf]. The Labute approximate surface area is 810 Å². The van der Waals surface area contributed by atoms with Crippen molar-refractivity contribution in [3.05, 3.63) is 438 Å². The van der Waals surface area contributed by atoms with Gasteiger partial charge in [-0.2, -0.15) is 0 Å². The van der Waals surface area contributed by atoms with Gasteiger partial charge in [-0.1, -0.05) is 412 Å². The molecule has 3 aromatic heterocycles. The van der Waals surface area contributed by atoms with E-state index in [1.165, 1.54) is 105 Å². The van der Waals surface area contributed by atoms with Crippen molar-refractivity contribution in [1.29, 1.82) is 0 Å². The van der Waals surface area contributed by atoms with Crippen molar-refractivity contribution in [2.75, 3.05) is 0 Å². The maximum Gasteiger partial charge on any atom is 0.0713 e. The van der Waals surface area contributed by atoms with Gasteiger partial charge in [0.1, 0.15) is 0 Å². The first-order valence-electron chi connectivity index (χ1n) is 41.8. The smallest absolute Gasteiger partial charge is 0.0713 e. The summed E-state index contributed by atoms with van der Waals surface area (Å²) in [5.41, 5.74) is 33.7. The van der Waals surface area contributed by atoms with Crippen molar-refractivity contribution < 1.29 is 77.5 Å². The summed E-state index contributed by atoms with van der Waals surface area (Å²) in [6, 6.07) is 94.4. The first-order chi connectivity index (χ1) is 56.2. The number of hydrogen-bond donors (Lipinski definition) is 0.